The fourth-order valence-corrected chi connectivity index (χ4v) is 3.85. The zero-order chi connectivity index (χ0) is 14.5. The maximum absolute atomic E-state index is 11.9. The van der Waals surface area contributed by atoms with Crippen molar-refractivity contribution in [1.29, 1.82) is 0 Å². The highest BCUT2D eigenvalue weighted by Crippen LogP contribution is 2.27. The molecule has 0 bridgehead atoms. The first kappa shape index (κ1) is 15.3. The molecule has 0 radical (unpaired) electrons. The molecule has 2 saturated carbocycles. The molecule has 0 aromatic rings. The summed E-state index contributed by atoms with van der Waals surface area (Å²) in [6, 6.07) is 1.23. The van der Waals surface area contributed by atoms with Crippen LogP contribution < -0.4 is 10.6 Å². The molecular weight excluding hydrogens is 262 g/mol. The van der Waals surface area contributed by atoms with Crippen LogP contribution in [0, 0.1) is 5.92 Å². The van der Waals surface area contributed by atoms with Crippen LogP contribution in [-0.2, 0) is 4.79 Å². The molecule has 1 saturated heterocycles. The number of nitrogens with one attached hydrogen (secondary N) is 2. The number of rotatable bonds is 6. The first-order chi connectivity index (χ1) is 10.3. The molecule has 21 heavy (non-hydrogen) atoms. The Morgan fingerprint density at radius 1 is 0.952 bits per heavy atom. The van der Waals surface area contributed by atoms with E-state index in [0.29, 0.717) is 12.6 Å². The predicted molar refractivity (Wildman–Crippen MR) is 85.2 cm³/mol. The number of carbonyl (C=O) groups is 1. The van der Waals surface area contributed by atoms with Crippen molar-refractivity contribution in [1.82, 2.24) is 15.5 Å². The van der Waals surface area contributed by atoms with Crippen LogP contribution >= 0.6 is 0 Å². The van der Waals surface area contributed by atoms with E-state index in [1.165, 1.54) is 58.0 Å². The maximum atomic E-state index is 11.9. The number of hydrogen-bond acceptors (Lipinski definition) is 3. The summed E-state index contributed by atoms with van der Waals surface area (Å²) in [5.41, 5.74) is 0. The van der Waals surface area contributed by atoms with Crippen LogP contribution in [0.25, 0.3) is 0 Å². The van der Waals surface area contributed by atoms with Crippen molar-refractivity contribution in [3.8, 4) is 0 Å². The normalized spacial score (nSPS) is 25.9. The molecule has 4 nitrogen and oxygen atoms in total. The van der Waals surface area contributed by atoms with Crippen molar-refractivity contribution in [3.63, 3.8) is 0 Å². The van der Waals surface area contributed by atoms with Gasteiger partial charge in [-0.15, -0.1) is 0 Å². The Bertz CT molecular complexity index is 329. The first-order valence-corrected chi connectivity index (χ1v) is 9.05. The minimum atomic E-state index is 0.187. The summed E-state index contributed by atoms with van der Waals surface area (Å²) in [5, 5.41) is 6.48. The summed E-state index contributed by atoms with van der Waals surface area (Å²) in [5.74, 6) is 1.03. The zero-order valence-corrected chi connectivity index (χ0v) is 13.3. The summed E-state index contributed by atoms with van der Waals surface area (Å²) in [6.07, 6.45) is 12.0. The Morgan fingerprint density at radius 3 is 2.33 bits per heavy atom. The number of amides is 1. The van der Waals surface area contributed by atoms with Crippen LogP contribution in [0.3, 0.4) is 0 Å². The fraction of sp³-hybridized carbons (Fsp3) is 0.941. The predicted octanol–water partition coefficient (Wildman–Crippen LogP) is 1.90. The van der Waals surface area contributed by atoms with Crippen LogP contribution in [-0.4, -0.2) is 49.1 Å². The third-order valence-corrected chi connectivity index (χ3v) is 5.40. The van der Waals surface area contributed by atoms with Gasteiger partial charge in [0.25, 0.3) is 0 Å². The number of nitrogens with zero attached hydrogens (tertiary/aromatic N) is 1. The lowest BCUT2D eigenvalue weighted by molar-refractivity contribution is -0.121. The van der Waals surface area contributed by atoms with Gasteiger partial charge in [0.2, 0.25) is 5.91 Å². The van der Waals surface area contributed by atoms with E-state index in [2.05, 4.69) is 15.5 Å². The SMILES string of the molecule is O=C(CNCC1CC1)NC1CCN(C2CCCCC2)CC1. The number of carbonyl (C=O) groups excluding carboxylic acids is 1. The van der Waals surface area contributed by atoms with Crippen molar-refractivity contribution >= 4 is 5.91 Å². The molecule has 0 unspecified atom stereocenters. The summed E-state index contributed by atoms with van der Waals surface area (Å²) in [7, 11) is 0. The van der Waals surface area contributed by atoms with Gasteiger partial charge in [-0.3, -0.25) is 4.79 Å². The molecule has 1 heterocycles. The van der Waals surface area contributed by atoms with E-state index in [9.17, 15) is 4.79 Å². The molecule has 2 aliphatic carbocycles. The van der Waals surface area contributed by atoms with Gasteiger partial charge >= 0.3 is 0 Å². The Morgan fingerprint density at radius 2 is 1.67 bits per heavy atom. The lowest BCUT2D eigenvalue weighted by Crippen LogP contribution is -2.49. The Labute approximate surface area is 129 Å². The summed E-state index contributed by atoms with van der Waals surface area (Å²) < 4.78 is 0. The highest BCUT2D eigenvalue weighted by molar-refractivity contribution is 5.78. The quantitative estimate of drug-likeness (QED) is 0.786. The average molecular weight is 293 g/mol. The van der Waals surface area contributed by atoms with Gasteiger partial charge in [-0.05, 0) is 51.0 Å². The van der Waals surface area contributed by atoms with Gasteiger partial charge in [-0.1, -0.05) is 19.3 Å². The van der Waals surface area contributed by atoms with Gasteiger partial charge < -0.3 is 15.5 Å². The molecule has 0 aromatic heterocycles. The monoisotopic (exact) mass is 293 g/mol. The fourth-order valence-electron chi connectivity index (χ4n) is 3.85. The van der Waals surface area contributed by atoms with Gasteiger partial charge in [-0.25, -0.2) is 0 Å². The van der Waals surface area contributed by atoms with E-state index in [4.69, 9.17) is 0 Å². The number of hydrogen-bond donors (Lipinski definition) is 2. The lowest BCUT2D eigenvalue weighted by atomic mass is 9.92. The van der Waals surface area contributed by atoms with E-state index >= 15 is 0 Å². The Hall–Kier alpha value is -0.610. The van der Waals surface area contributed by atoms with Crippen molar-refractivity contribution < 1.29 is 4.79 Å². The molecule has 0 atom stereocenters. The van der Waals surface area contributed by atoms with Gasteiger partial charge in [0.1, 0.15) is 0 Å². The standard InChI is InChI=1S/C17H31N3O/c21-17(13-18-12-14-6-7-14)19-15-8-10-20(11-9-15)16-4-2-1-3-5-16/h14-16,18H,1-13H2,(H,19,21). The minimum absolute atomic E-state index is 0.187. The molecule has 1 aliphatic heterocycles. The third-order valence-electron chi connectivity index (χ3n) is 5.40. The van der Waals surface area contributed by atoms with E-state index in [1.54, 1.807) is 0 Å². The smallest absolute Gasteiger partial charge is 0.234 e. The molecule has 0 aromatic carbocycles. The van der Waals surface area contributed by atoms with E-state index in [0.717, 1.165) is 31.3 Å². The second-order valence-corrected chi connectivity index (χ2v) is 7.24. The molecule has 4 heteroatoms. The minimum Gasteiger partial charge on any atom is -0.352 e. The molecule has 3 aliphatic rings. The van der Waals surface area contributed by atoms with E-state index in [1.807, 2.05) is 0 Å². The average Bonchev–Trinajstić information content (AvgIpc) is 3.33. The second kappa shape index (κ2) is 7.59. The number of piperidine rings is 1. The van der Waals surface area contributed by atoms with Crippen LogP contribution in [0.4, 0.5) is 0 Å². The Kier molecular flexibility index (Phi) is 5.53. The molecule has 120 valence electrons. The van der Waals surface area contributed by atoms with Crippen molar-refractivity contribution in [2.75, 3.05) is 26.2 Å². The van der Waals surface area contributed by atoms with Crippen LogP contribution in [0.5, 0.6) is 0 Å². The van der Waals surface area contributed by atoms with Crippen molar-refractivity contribution in [3.05, 3.63) is 0 Å². The van der Waals surface area contributed by atoms with Gasteiger partial charge in [0, 0.05) is 25.2 Å². The van der Waals surface area contributed by atoms with Crippen molar-refractivity contribution in [2.24, 2.45) is 5.92 Å². The number of likely N-dealkylation sites (tertiary alicyclic amines) is 1. The maximum Gasteiger partial charge on any atom is 0.234 e. The van der Waals surface area contributed by atoms with Crippen LogP contribution in [0.2, 0.25) is 0 Å². The molecule has 3 rings (SSSR count). The largest absolute Gasteiger partial charge is 0.352 e. The van der Waals surface area contributed by atoms with Crippen molar-refractivity contribution in [2.45, 2.75) is 69.9 Å². The molecular formula is C17H31N3O. The summed E-state index contributed by atoms with van der Waals surface area (Å²) in [6.45, 7) is 3.86. The topological polar surface area (TPSA) is 44.4 Å². The lowest BCUT2D eigenvalue weighted by Gasteiger charge is -2.39. The Balaban J connectivity index is 1.30. The zero-order valence-electron chi connectivity index (χ0n) is 13.3. The summed E-state index contributed by atoms with van der Waals surface area (Å²) >= 11 is 0. The second-order valence-electron chi connectivity index (χ2n) is 7.24. The third kappa shape index (κ3) is 4.96. The summed E-state index contributed by atoms with van der Waals surface area (Å²) in [4.78, 5) is 14.6. The van der Waals surface area contributed by atoms with Gasteiger partial charge in [0.15, 0.2) is 0 Å². The molecule has 1 amide bonds. The van der Waals surface area contributed by atoms with Crippen LogP contribution in [0.1, 0.15) is 57.8 Å². The van der Waals surface area contributed by atoms with Gasteiger partial charge in [0.05, 0.1) is 6.54 Å². The first-order valence-electron chi connectivity index (χ1n) is 9.05. The molecule has 0 spiro atoms. The molecule has 2 N–H and O–H groups in total. The van der Waals surface area contributed by atoms with Crippen LogP contribution in [0.15, 0.2) is 0 Å². The van der Waals surface area contributed by atoms with E-state index < -0.39 is 0 Å². The van der Waals surface area contributed by atoms with Gasteiger partial charge in [-0.2, -0.15) is 0 Å². The molecule has 3 fully saturated rings. The van der Waals surface area contributed by atoms with E-state index in [-0.39, 0.29) is 5.91 Å². The highest BCUT2D eigenvalue weighted by Gasteiger charge is 2.27. The highest BCUT2D eigenvalue weighted by atomic mass is 16.1.